The van der Waals surface area contributed by atoms with E-state index in [1.54, 1.807) is 0 Å². The summed E-state index contributed by atoms with van der Waals surface area (Å²) < 4.78 is 6.29. The average molecular weight is 353 g/mol. The van der Waals surface area contributed by atoms with Crippen LogP contribution in [0.2, 0.25) is 0 Å². The molecule has 114 valence electrons. The van der Waals surface area contributed by atoms with Gasteiger partial charge in [-0.25, -0.2) is 4.79 Å². The summed E-state index contributed by atoms with van der Waals surface area (Å²) in [6.07, 6.45) is 1.62. The fourth-order valence-corrected chi connectivity index (χ4v) is 2.54. The maximum Gasteiger partial charge on any atom is 0.407 e. The van der Waals surface area contributed by atoms with Crippen LogP contribution in [0.1, 0.15) is 39.2 Å². The van der Waals surface area contributed by atoms with Crippen molar-refractivity contribution in [2.75, 3.05) is 6.54 Å². The number of carbonyl (C=O) groups excluding carboxylic acids is 1. The van der Waals surface area contributed by atoms with E-state index in [0.717, 1.165) is 9.99 Å². The van der Waals surface area contributed by atoms with Gasteiger partial charge in [0.1, 0.15) is 5.60 Å². The second-order valence-electron chi connectivity index (χ2n) is 6.22. The third kappa shape index (κ3) is 4.24. The largest absolute Gasteiger partial charge is 0.444 e. The van der Waals surface area contributed by atoms with Crippen LogP contribution >= 0.6 is 15.9 Å². The summed E-state index contributed by atoms with van der Waals surface area (Å²) in [5, 5.41) is 3.99. The van der Waals surface area contributed by atoms with E-state index >= 15 is 0 Å². The van der Waals surface area contributed by atoms with Gasteiger partial charge in [-0.1, -0.05) is 22.9 Å². The number of ether oxygens (including phenoxy) is 1. The second-order valence-corrected chi connectivity index (χ2v) is 7.13. The Labute approximate surface area is 133 Å². The molecule has 0 aliphatic heterocycles. The summed E-state index contributed by atoms with van der Waals surface area (Å²) in [4.78, 5) is 15.0. The Kier molecular flexibility index (Phi) is 4.61. The minimum atomic E-state index is -0.473. The van der Waals surface area contributed by atoms with E-state index in [2.05, 4.69) is 39.2 Å². The molecule has 1 aromatic carbocycles. The third-order valence-electron chi connectivity index (χ3n) is 3.16. The van der Waals surface area contributed by atoms with Crippen LogP contribution in [-0.4, -0.2) is 23.2 Å². The molecule has 2 N–H and O–H groups in total. The molecule has 5 heteroatoms. The van der Waals surface area contributed by atoms with Crippen molar-refractivity contribution in [2.24, 2.45) is 0 Å². The first-order valence-corrected chi connectivity index (χ1v) is 7.79. The number of H-pyrrole nitrogens is 1. The monoisotopic (exact) mass is 352 g/mol. The van der Waals surface area contributed by atoms with Gasteiger partial charge in [-0.3, -0.25) is 0 Å². The van der Waals surface area contributed by atoms with Crippen LogP contribution < -0.4 is 5.32 Å². The number of amides is 1. The van der Waals surface area contributed by atoms with Gasteiger partial charge >= 0.3 is 6.09 Å². The molecule has 0 bridgehead atoms. The second kappa shape index (κ2) is 6.10. The van der Waals surface area contributed by atoms with Crippen LogP contribution in [0.25, 0.3) is 10.9 Å². The fourth-order valence-electron chi connectivity index (χ4n) is 2.18. The van der Waals surface area contributed by atoms with Gasteiger partial charge in [0.25, 0.3) is 0 Å². The average Bonchev–Trinajstić information content (AvgIpc) is 2.76. The van der Waals surface area contributed by atoms with Crippen molar-refractivity contribution in [1.82, 2.24) is 10.3 Å². The number of fused-ring (bicyclic) bond motifs is 1. The third-order valence-corrected chi connectivity index (χ3v) is 3.65. The molecule has 0 spiro atoms. The fraction of sp³-hybridized carbons (Fsp3) is 0.438. The number of rotatable bonds is 3. The normalized spacial score (nSPS) is 13.2. The number of aromatic amines is 1. The SMILES string of the molecule is CC(CNC(=O)OC(C)(C)C)c1c[nH]c2ccc(Br)cc12. The van der Waals surface area contributed by atoms with E-state index in [0.29, 0.717) is 6.54 Å². The zero-order valence-electron chi connectivity index (χ0n) is 12.8. The van der Waals surface area contributed by atoms with Gasteiger partial charge in [-0.2, -0.15) is 0 Å². The van der Waals surface area contributed by atoms with Gasteiger partial charge in [0.05, 0.1) is 0 Å². The maximum absolute atomic E-state index is 11.7. The molecule has 0 aliphatic rings. The van der Waals surface area contributed by atoms with Crippen molar-refractivity contribution in [3.8, 4) is 0 Å². The minimum absolute atomic E-state index is 0.195. The highest BCUT2D eigenvalue weighted by Crippen LogP contribution is 2.27. The molecular weight excluding hydrogens is 332 g/mol. The Balaban J connectivity index is 2.04. The number of aromatic nitrogens is 1. The van der Waals surface area contributed by atoms with E-state index in [4.69, 9.17) is 4.74 Å². The molecule has 0 saturated carbocycles. The summed E-state index contributed by atoms with van der Waals surface area (Å²) >= 11 is 3.49. The summed E-state index contributed by atoms with van der Waals surface area (Å²) in [6.45, 7) is 8.18. The van der Waals surface area contributed by atoms with Gasteiger partial charge in [0.2, 0.25) is 0 Å². The first-order chi connectivity index (χ1) is 9.76. The van der Waals surface area contributed by atoms with Crippen LogP contribution in [0.3, 0.4) is 0 Å². The summed E-state index contributed by atoms with van der Waals surface area (Å²) in [5.74, 6) is 0.195. The predicted molar refractivity (Wildman–Crippen MR) is 88.7 cm³/mol. The van der Waals surface area contributed by atoms with E-state index in [1.807, 2.05) is 39.1 Å². The Bertz CT molecular complexity index is 643. The molecule has 1 unspecified atom stereocenters. The molecule has 1 aromatic heterocycles. The quantitative estimate of drug-likeness (QED) is 0.850. The highest BCUT2D eigenvalue weighted by Gasteiger charge is 2.17. The van der Waals surface area contributed by atoms with Crippen molar-refractivity contribution >= 4 is 32.9 Å². The molecule has 2 rings (SSSR count). The van der Waals surface area contributed by atoms with Gasteiger partial charge < -0.3 is 15.0 Å². The molecule has 2 aromatic rings. The predicted octanol–water partition coefficient (Wildman–Crippen LogP) is 4.56. The Morgan fingerprint density at radius 2 is 2.14 bits per heavy atom. The first-order valence-electron chi connectivity index (χ1n) is 6.99. The van der Waals surface area contributed by atoms with Crippen molar-refractivity contribution in [3.05, 3.63) is 34.4 Å². The standard InChI is InChI=1S/C16H21BrN2O2/c1-10(8-19-15(20)21-16(2,3)4)13-9-18-14-6-5-11(17)7-12(13)14/h5-7,9-10,18H,8H2,1-4H3,(H,19,20). The number of nitrogens with one attached hydrogen (secondary N) is 2. The number of hydrogen-bond donors (Lipinski definition) is 2. The molecule has 0 radical (unpaired) electrons. The van der Waals surface area contributed by atoms with Gasteiger partial charge in [-0.05, 0) is 44.5 Å². The van der Waals surface area contributed by atoms with Gasteiger partial charge in [-0.15, -0.1) is 0 Å². The maximum atomic E-state index is 11.7. The lowest BCUT2D eigenvalue weighted by molar-refractivity contribution is 0.0525. The Hall–Kier alpha value is -1.49. The lowest BCUT2D eigenvalue weighted by Gasteiger charge is -2.20. The van der Waals surface area contributed by atoms with E-state index in [9.17, 15) is 4.79 Å². The van der Waals surface area contributed by atoms with Gasteiger partial charge in [0, 0.05) is 34.0 Å². The molecule has 1 atom stereocenters. The lowest BCUT2D eigenvalue weighted by atomic mass is 10.0. The topological polar surface area (TPSA) is 54.1 Å². The van der Waals surface area contributed by atoms with Gasteiger partial charge in [0.15, 0.2) is 0 Å². The van der Waals surface area contributed by atoms with Crippen molar-refractivity contribution in [1.29, 1.82) is 0 Å². The number of carbonyl (C=O) groups is 1. The number of alkyl carbamates (subject to hydrolysis) is 1. The van der Waals surface area contributed by atoms with Crippen LogP contribution in [0.4, 0.5) is 4.79 Å². The molecular formula is C16H21BrN2O2. The smallest absolute Gasteiger partial charge is 0.407 e. The molecule has 0 aliphatic carbocycles. The molecule has 0 saturated heterocycles. The lowest BCUT2D eigenvalue weighted by Crippen LogP contribution is -2.34. The summed E-state index contributed by atoms with van der Waals surface area (Å²) in [7, 11) is 0. The number of benzene rings is 1. The van der Waals surface area contributed by atoms with Crippen LogP contribution in [0.15, 0.2) is 28.9 Å². The van der Waals surface area contributed by atoms with Crippen molar-refractivity contribution < 1.29 is 9.53 Å². The van der Waals surface area contributed by atoms with Crippen LogP contribution in [-0.2, 0) is 4.74 Å². The van der Waals surface area contributed by atoms with E-state index < -0.39 is 5.60 Å². The summed E-state index contributed by atoms with van der Waals surface area (Å²) in [5.41, 5.74) is 1.80. The number of halogens is 1. The molecule has 1 heterocycles. The first kappa shape index (κ1) is 15.9. The molecule has 0 fully saturated rings. The zero-order chi connectivity index (χ0) is 15.6. The van der Waals surface area contributed by atoms with Crippen molar-refractivity contribution in [2.45, 2.75) is 39.2 Å². The van der Waals surface area contributed by atoms with Crippen LogP contribution in [0, 0.1) is 0 Å². The Morgan fingerprint density at radius 3 is 2.81 bits per heavy atom. The highest BCUT2D eigenvalue weighted by atomic mass is 79.9. The van der Waals surface area contributed by atoms with Crippen molar-refractivity contribution in [3.63, 3.8) is 0 Å². The molecule has 4 nitrogen and oxygen atoms in total. The number of hydrogen-bond acceptors (Lipinski definition) is 2. The highest BCUT2D eigenvalue weighted by molar-refractivity contribution is 9.10. The Morgan fingerprint density at radius 1 is 1.43 bits per heavy atom. The molecule has 21 heavy (non-hydrogen) atoms. The van der Waals surface area contributed by atoms with Crippen LogP contribution in [0.5, 0.6) is 0 Å². The zero-order valence-corrected chi connectivity index (χ0v) is 14.4. The van der Waals surface area contributed by atoms with E-state index in [-0.39, 0.29) is 12.0 Å². The van der Waals surface area contributed by atoms with E-state index in [1.165, 1.54) is 10.9 Å². The molecule has 1 amide bonds. The minimum Gasteiger partial charge on any atom is -0.444 e. The summed E-state index contributed by atoms with van der Waals surface area (Å²) in [6, 6.07) is 6.13.